The third-order valence-corrected chi connectivity index (χ3v) is 4.99. The molecule has 0 radical (unpaired) electrons. The van der Waals surface area contributed by atoms with Crippen molar-refractivity contribution in [2.75, 3.05) is 19.5 Å². The lowest BCUT2D eigenvalue weighted by atomic mass is 9.84. The van der Waals surface area contributed by atoms with Crippen LogP contribution in [0.1, 0.15) is 47.1 Å². The van der Waals surface area contributed by atoms with Crippen LogP contribution >= 0.6 is 15.9 Å². The van der Waals surface area contributed by atoms with Gasteiger partial charge in [0.25, 0.3) is 0 Å². The first-order valence-electron chi connectivity index (χ1n) is 10.5. The Bertz CT molecular complexity index is 888. The highest BCUT2D eigenvalue weighted by Crippen LogP contribution is 2.33. The minimum Gasteiger partial charge on any atom is -0.385 e. The normalized spacial score (nSPS) is 23.3. The van der Waals surface area contributed by atoms with Gasteiger partial charge in [-0.25, -0.2) is 4.39 Å². The summed E-state index contributed by atoms with van der Waals surface area (Å²) in [6.07, 6.45) is -0.239. The summed E-state index contributed by atoms with van der Waals surface area (Å²) in [5.74, 6) is -0.640. The second-order valence-corrected chi connectivity index (χ2v) is 7.31. The first-order valence-corrected chi connectivity index (χ1v) is 9.27. The average Bonchev–Trinajstić information content (AvgIpc) is 2.63. The Labute approximate surface area is 167 Å². The molecule has 0 saturated carbocycles. The van der Waals surface area contributed by atoms with Crippen LogP contribution in [0, 0.1) is 5.82 Å². The van der Waals surface area contributed by atoms with Gasteiger partial charge in [-0.3, -0.25) is 4.79 Å². The maximum absolute atomic E-state index is 13.0. The van der Waals surface area contributed by atoms with E-state index in [4.69, 9.17) is 5.48 Å². The standard InChI is InChI=1S/C21H23BrFNO2/c22-18-7-5-17(6-8-18)21(26)11-14-24(15-12-21)13-1-2-20(25)16-3-9-19(23)10-4-16/h3-10,26H,1-2,11-15H2/i14D2,15D2. The lowest BCUT2D eigenvalue weighted by Gasteiger charge is -2.38. The van der Waals surface area contributed by atoms with Gasteiger partial charge in [-0.1, -0.05) is 28.1 Å². The molecular formula is C21H23BrFNO2. The van der Waals surface area contributed by atoms with E-state index in [1.165, 1.54) is 24.3 Å². The van der Waals surface area contributed by atoms with E-state index in [1.54, 1.807) is 24.3 Å². The SMILES string of the molecule is [2H]C1([2H])CC(O)(c2ccc(Br)cc2)CC([2H])([2H])N1CCCC(=O)c1ccc(F)cc1. The zero-order valence-electron chi connectivity index (χ0n) is 18.2. The van der Waals surface area contributed by atoms with Crippen molar-refractivity contribution in [1.82, 2.24) is 4.90 Å². The van der Waals surface area contributed by atoms with Gasteiger partial charge in [-0.05, 0) is 67.8 Å². The molecule has 1 heterocycles. The van der Waals surface area contributed by atoms with Crippen LogP contribution in [-0.2, 0) is 5.60 Å². The Morgan fingerprint density at radius 3 is 2.38 bits per heavy atom. The molecule has 0 amide bonds. The fraction of sp³-hybridized carbons (Fsp3) is 0.381. The van der Waals surface area contributed by atoms with Gasteiger partial charge in [0.2, 0.25) is 0 Å². The van der Waals surface area contributed by atoms with E-state index in [9.17, 15) is 14.3 Å². The van der Waals surface area contributed by atoms with Crippen molar-refractivity contribution < 1.29 is 19.8 Å². The molecule has 138 valence electrons. The zero-order valence-corrected chi connectivity index (χ0v) is 15.8. The van der Waals surface area contributed by atoms with Gasteiger partial charge >= 0.3 is 0 Å². The molecule has 1 fully saturated rings. The molecule has 0 bridgehead atoms. The summed E-state index contributed by atoms with van der Waals surface area (Å²) in [7, 11) is 0. The number of piperidine rings is 1. The molecule has 0 aromatic heterocycles. The van der Waals surface area contributed by atoms with E-state index >= 15 is 0 Å². The van der Waals surface area contributed by atoms with E-state index in [0.717, 1.165) is 9.37 Å². The van der Waals surface area contributed by atoms with Crippen LogP contribution < -0.4 is 0 Å². The molecule has 0 spiro atoms. The van der Waals surface area contributed by atoms with E-state index in [2.05, 4.69) is 15.9 Å². The Morgan fingerprint density at radius 1 is 1.15 bits per heavy atom. The summed E-state index contributed by atoms with van der Waals surface area (Å²) in [4.78, 5) is 13.4. The van der Waals surface area contributed by atoms with Crippen molar-refractivity contribution in [3.05, 3.63) is 69.9 Å². The number of Topliss-reactive ketones (excluding diaryl/α,β-unsaturated/α-hetero) is 1. The fourth-order valence-corrected chi connectivity index (χ4v) is 3.14. The van der Waals surface area contributed by atoms with Crippen LogP contribution in [0.15, 0.2) is 53.0 Å². The van der Waals surface area contributed by atoms with Crippen molar-refractivity contribution in [2.45, 2.75) is 31.3 Å². The highest BCUT2D eigenvalue weighted by molar-refractivity contribution is 9.10. The number of benzene rings is 2. The van der Waals surface area contributed by atoms with Crippen LogP contribution in [0.25, 0.3) is 0 Å². The molecule has 1 aliphatic heterocycles. The van der Waals surface area contributed by atoms with Gasteiger partial charge in [0, 0.05) is 34.9 Å². The van der Waals surface area contributed by atoms with Crippen LogP contribution in [0.2, 0.25) is 0 Å². The number of carbonyl (C=O) groups excluding carboxylic acids is 1. The lowest BCUT2D eigenvalue weighted by Crippen LogP contribution is -2.42. The number of likely N-dealkylation sites (tertiary alicyclic amines) is 1. The topological polar surface area (TPSA) is 40.5 Å². The predicted octanol–water partition coefficient (Wildman–Crippen LogP) is 4.53. The maximum Gasteiger partial charge on any atom is 0.162 e. The van der Waals surface area contributed by atoms with Crippen LogP contribution in [0.4, 0.5) is 4.39 Å². The van der Waals surface area contributed by atoms with Crippen LogP contribution in [0.3, 0.4) is 0 Å². The molecule has 2 aromatic rings. The number of aliphatic hydroxyl groups is 1. The number of halogens is 2. The molecule has 5 heteroatoms. The van der Waals surface area contributed by atoms with Gasteiger partial charge in [0.05, 0.1) is 5.60 Å². The fourth-order valence-electron chi connectivity index (χ4n) is 2.87. The van der Waals surface area contributed by atoms with E-state index in [1.807, 2.05) is 0 Å². The number of nitrogens with zero attached hydrogens (tertiary/aromatic N) is 1. The predicted molar refractivity (Wildman–Crippen MR) is 104 cm³/mol. The zero-order chi connectivity index (χ0) is 22.2. The molecule has 0 atom stereocenters. The van der Waals surface area contributed by atoms with Gasteiger partial charge in [0.1, 0.15) is 5.82 Å². The second kappa shape index (κ2) is 8.42. The number of hydrogen-bond acceptors (Lipinski definition) is 3. The highest BCUT2D eigenvalue weighted by atomic mass is 79.9. The van der Waals surface area contributed by atoms with Gasteiger partial charge in [-0.2, -0.15) is 0 Å². The van der Waals surface area contributed by atoms with Gasteiger partial charge < -0.3 is 10.0 Å². The van der Waals surface area contributed by atoms with E-state index < -0.39 is 24.4 Å². The lowest BCUT2D eigenvalue weighted by molar-refractivity contribution is -0.0260. The Hall–Kier alpha value is -1.56. The van der Waals surface area contributed by atoms with E-state index in [0.29, 0.717) is 11.1 Å². The molecule has 0 unspecified atom stereocenters. The minimum absolute atomic E-state index is 0.0172. The molecule has 3 rings (SSSR count). The summed E-state index contributed by atoms with van der Waals surface area (Å²) < 4.78 is 47.5. The first kappa shape index (κ1) is 14.5. The average molecular weight is 424 g/mol. The van der Waals surface area contributed by atoms with Crippen LogP contribution in [0.5, 0.6) is 0 Å². The van der Waals surface area contributed by atoms with E-state index in [-0.39, 0.29) is 38.0 Å². The van der Waals surface area contributed by atoms with Crippen molar-refractivity contribution in [3.8, 4) is 0 Å². The summed E-state index contributed by atoms with van der Waals surface area (Å²) in [6, 6.07) is 12.0. The summed E-state index contributed by atoms with van der Waals surface area (Å²) >= 11 is 3.32. The molecule has 0 aliphatic carbocycles. The Morgan fingerprint density at radius 2 is 1.77 bits per heavy atom. The molecule has 1 aliphatic rings. The summed E-state index contributed by atoms with van der Waals surface area (Å²) in [5, 5.41) is 11.1. The smallest absolute Gasteiger partial charge is 0.162 e. The molecule has 1 saturated heterocycles. The van der Waals surface area contributed by atoms with Crippen molar-refractivity contribution >= 4 is 21.7 Å². The number of carbonyl (C=O) groups is 1. The molecule has 1 N–H and O–H groups in total. The van der Waals surface area contributed by atoms with Crippen molar-refractivity contribution in [2.24, 2.45) is 0 Å². The highest BCUT2D eigenvalue weighted by Gasteiger charge is 2.33. The number of rotatable bonds is 6. The third kappa shape index (κ3) is 4.78. The van der Waals surface area contributed by atoms with Gasteiger partial charge in [-0.15, -0.1) is 0 Å². The van der Waals surface area contributed by atoms with Gasteiger partial charge in [0.15, 0.2) is 5.78 Å². The summed E-state index contributed by atoms with van der Waals surface area (Å²) in [6.45, 7) is -4.20. The number of hydrogen-bond donors (Lipinski definition) is 1. The number of ketones is 1. The monoisotopic (exact) mass is 423 g/mol. The Balaban J connectivity index is 1.69. The molecule has 2 aromatic carbocycles. The van der Waals surface area contributed by atoms with Crippen molar-refractivity contribution in [1.29, 1.82) is 0 Å². The maximum atomic E-state index is 13.0. The Kier molecular flexibility index (Phi) is 4.69. The third-order valence-electron chi connectivity index (χ3n) is 4.46. The quantitative estimate of drug-likeness (QED) is 0.693. The summed E-state index contributed by atoms with van der Waals surface area (Å²) in [5.41, 5.74) is -0.816. The largest absolute Gasteiger partial charge is 0.385 e. The second-order valence-electron chi connectivity index (χ2n) is 6.39. The first-order chi connectivity index (χ1) is 13.9. The minimum atomic E-state index is -2.11. The molecule has 26 heavy (non-hydrogen) atoms. The van der Waals surface area contributed by atoms with Crippen LogP contribution in [-0.4, -0.2) is 35.3 Å². The van der Waals surface area contributed by atoms with Crippen molar-refractivity contribution in [3.63, 3.8) is 0 Å². The molecular weight excluding hydrogens is 397 g/mol. The molecule has 3 nitrogen and oxygen atoms in total.